The molecule has 5 heteroatoms. The number of fused-ring (bicyclic) bond motifs is 1. The van der Waals surface area contributed by atoms with Gasteiger partial charge in [-0.15, -0.1) is 11.3 Å². The zero-order valence-corrected chi connectivity index (χ0v) is 17.5. The summed E-state index contributed by atoms with van der Waals surface area (Å²) in [7, 11) is 0. The number of carbonyl (C=O) groups excluding carboxylic acids is 2. The zero-order valence-electron chi connectivity index (χ0n) is 16.7. The maximum Gasteiger partial charge on any atom is 0.243 e. The highest BCUT2D eigenvalue weighted by Gasteiger charge is 2.37. The summed E-state index contributed by atoms with van der Waals surface area (Å²) in [6, 6.07) is 10.9. The Bertz CT molecular complexity index is 854. The van der Waals surface area contributed by atoms with Gasteiger partial charge in [0.05, 0.1) is 6.04 Å². The van der Waals surface area contributed by atoms with Crippen molar-refractivity contribution in [2.75, 3.05) is 13.1 Å². The van der Waals surface area contributed by atoms with Crippen molar-refractivity contribution in [2.24, 2.45) is 0 Å². The molecular weight excluding hydrogens is 368 g/mol. The Balaban J connectivity index is 1.60. The molecule has 2 aromatic rings. The third-order valence-electron chi connectivity index (χ3n) is 5.76. The van der Waals surface area contributed by atoms with Gasteiger partial charge >= 0.3 is 0 Å². The fourth-order valence-electron chi connectivity index (χ4n) is 4.09. The summed E-state index contributed by atoms with van der Waals surface area (Å²) in [5, 5.41) is 2.13. The number of benzene rings is 1. The minimum atomic E-state index is -0.0505. The van der Waals surface area contributed by atoms with Crippen molar-refractivity contribution in [1.29, 1.82) is 0 Å². The number of rotatable bonds is 6. The first-order chi connectivity index (χ1) is 13.6. The molecule has 1 atom stereocenters. The number of hydrogen-bond acceptors (Lipinski definition) is 3. The van der Waals surface area contributed by atoms with Crippen LogP contribution in [0.1, 0.15) is 60.2 Å². The molecule has 2 heterocycles. The second-order valence-corrected chi connectivity index (χ2v) is 8.95. The molecule has 0 radical (unpaired) electrons. The molecule has 4 rings (SSSR count). The first-order valence-corrected chi connectivity index (χ1v) is 11.2. The maximum atomic E-state index is 13.4. The van der Waals surface area contributed by atoms with E-state index >= 15 is 0 Å². The Kier molecular flexibility index (Phi) is 5.54. The molecule has 0 N–H and O–H groups in total. The van der Waals surface area contributed by atoms with Crippen molar-refractivity contribution in [3.8, 4) is 0 Å². The number of hydrogen-bond donors (Lipinski definition) is 0. The molecule has 2 amide bonds. The van der Waals surface area contributed by atoms with E-state index in [9.17, 15) is 9.59 Å². The van der Waals surface area contributed by atoms with E-state index in [0.717, 1.165) is 31.2 Å². The van der Waals surface area contributed by atoms with E-state index in [2.05, 4.69) is 42.6 Å². The van der Waals surface area contributed by atoms with E-state index in [0.29, 0.717) is 13.0 Å². The van der Waals surface area contributed by atoms with Crippen molar-refractivity contribution < 1.29 is 9.59 Å². The van der Waals surface area contributed by atoms with Gasteiger partial charge in [0, 0.05) is 23.9 Å². The standard InChI is InChI=1S/C23H28N2O2S/c1-3-4-21(26)25(18-9-10-18)15-22(27)24-13-11-20-19(12-14-28-20)23(24)17-7-5-16(2)6-8-17/h5-8,12,14,18,23H,3-4,9-11,13,15H2,1-2H3. The largest absolute Gasteiger partial charge is 0.330 e. The fraction of sp³-hybridized carbons (Fsp3) is 0.478. The highest BCUT2D eigenvalue weighted by Crippen LogP contribution is 2.38. The molecule has 0 saturated heterocycles. The molecule has 0 bridgehead atoms. The maximum absolute atomic E-state index is 13.4. The molecule has 1 saturated carbocycles. The van der Waals surface area contributed by atoms with Gasteiger partial charge in [-0.3, -0.25) is 9.59 Å². The SMILES string of the molecule is CCCC(=O)N(CC(=O)N1CCc2sccc2C1c1ccc(C)cc1)C1CC1. The average Bonchev–Trinajstić information content (AvgIpc) is 3.42. The van der Waals surface area contributed by atoms with Crippen LogP contribution in [0.15, 0.2) is 35.7 Å². The summed E-state index contributed by atoms with van der Waals surface area (Å²) < 4.78 is 0. The number of aryl methyl sites for hydroxylation is 1. The predicted octanol–water partition coefficient (Wildman–Crippen LogP) is 4.32. The number of thiophene rings is 1. The molecule has 0 spiro atoms. The Morgan fingerprint density at radius 1 is 1.18 bits per heavy atom. The topological polar surface area (TPSA) is 40.6 Å². The van der Waals surface area contributed by atoms with Crippen LogP contribution in [-0.2, 0) is 16.0 Å². The average molecular weight is 397 g/mol. The van der Waals surface area contributed by atoms with Crippen molar-refractivity contribution in [3.05, 3.63) is 57.3 Å². The quantitative estimate of drug-likeness (QED) is 0.729. The van der Waals surface area contributed by atoms with Crippen LogP contribution >= 0.6 is 11.3 Å². The van der Waals surface area contributed by atoms with Gasteiger partial charge in [-0.05, 0) is 55.2 Å². The lowest BCUT2D eigenvalue weighted by atomic mass is 9.92. The Hall–Kier alpha value is -2.14. The summed E-state index contributed by atoms with van der Waals surface area (Å²) in [6.07, 6.45) is 4.30. The van der Waals surface area contributed by atoms with Gasteiger partial charge in [-0.2, -0.15) is 0 Å². The van der Waals surface area contributed by atoms with Gasteiger partial charge in [0.1, 0.15) is 6.54 Å². The van der Waals surface area contributed by atoms with E-state index in [1.54, 1.807) is 11.3 Å². The van der Waals surface area contributed by atoms with Gasteiger partial charge in [0.15, 0.2) is 0 Å². The lowest BCUT2D eigenvalue weighted by Gasteiger charge is -2.37. The summed E-state index contributed by atoms with van der Waals surface area (Å²) in [5.41, 5.74) is 3.61. The molecule has 1 aromatic heterocycles. The molecule has 2 aliphatic rings. The lowest BCUT2D eigenvalue weighted by molar-refractivity contribution is -0.142. The second-order valence-electron chi connectivity index (χ2n) is 7.95. The minimum absolute atomic E-state index is 0.0505. The van der Waals surface area contributed by atoms with Crippen LogP contribution < -0.4 is 0 Å². The molecule has 148 valence electrons. The molecule has 28 heavy (non-hydrogen) atoms. The first kappa shape index (κ1) is 19.2. The van der Waals surface area contributed by atoms with E-state index in [1.165, 1.54) is 16.0 Å². The lowest BCUT2D eigenvalue weighted by Crippen LogP contribution is -2.47. The Labute approximate surface area is 171 Å². The molecule has 1 aromatic carbocycles. The summed E-state index contributed by atoms with van der Waals surface area (Å²) in [6.45, 7) is 5.02. The van der Waals surface area contributed by atoms with Gasteiger partial charge in [0.2, 0.25) is 11.8 Å². The van der Waals surface area contributed by atoms with Gasteiger partial charge in [-0.25, -0.2) is 0 Å². The third kappa shape index (κ3) is 3.86. The van der Waals surface area contributed by atoms with E-state index < -0.39 is 0 Å². The van der Waals surface area contributed by atoms with Crippen LogP contribution in [0, 0.1) is 6.92 Å². The Morgan fingerprint density at radius 3 is 2.61 bits per heavy atom. The van der Waals surface area contributed by atoms with Crippen LogP contribution in [0.5, 0.6) is 0 Å². The highest BCUT2D eigenvalue weighted by atomic mass is 32.1. The van der Waals surface area contributed by atoms with Crippen LogP contribution in [-0.4, -0.2) is 40.7 Å². The molecular formula is C23H28N2O2S. The van der Waals surface area contributed by atoms with Gasteiger partial charge in [0.25, 0.3) is 0 Å². The van der Waals surface area contributed by atoms with Crippen LogP contribution in [0.25, 0.3) is 0 Å². The summed E-state index contributed by atoms with van der Waals surface area (Å²) in [4.78, 5) is 31.1. The van der Waals surface area contributed by atoms with E-state index in [-0.39, 0.29) is 30.4 Å². The monoisotopic (exact) mass is 396 g/mol. The fourth-order valence-corrected chi connectivity index (χ4v) is 5.00. The minimum Gasteiger partial charge on any atom is -0.330 e. The normalized spacial score (nSPS) is 18.6. The summed E-state index contributed by atoms with van der Waals surface area (Å²) >= 11 is 1.78. The van der Waals surface area contributed by atoms with Crippen molar-refractivity contribution in [1.82, 2.24) is 9.80 Å². The molecule has 4 nitrogen and oxygen atoms in total. The smallest absolute Gasteiger partial charge is 0.243 e. The zero-order chi connectivity index (χ0) is 19.7. The second kappa shape index (κ2) is 8.08. The number of nitrogens with zero attached hydrogens (tertiary/aromatic N) is 2. The van der Waals surface area contributed by atoms with Crippen LogP contribution in [0.4, 0.5) is 0 Å². The van der Waals surface area contributed by atoms with Crippen LogP contribution in [0.2, 0.25) is 0 Å². The molecule has 1 fully saturated rings. The van der Waals surface area contributed by atoms with E-state index in [4.69, 9.17) is 0 Å². The number of carbonyl (C=O) groups is 2. The summed E-state index contributed by atoms with van der Waals surface area (Å²) in [5.74, 6) is 0.192. The van der Waals surface area contributed by atoms with E-state index in [1.807, 2.05) is 16.7 Å². The highest BCUT2D eigenvalue weighted by molar-refractivity contribution is 7.10. The molecule has 1 aliphatic heterocycles. The van der Waals surface area contributed by atoms with Crippen molar-refractivity contribution >= 4 is 23.2 Å². The van der Waals surface area contributed by atoms with Crippen LogP contribution in [0.3, 0.4) is 0 Å². The third-order valence-corrected chi connectivity index (χ3v) is 6.75. The van der Waals surface area contributed by atoms with Gasteiger partial charge < -0.3 is 9.80 Å². The van der Waals surface area contributed by atoms with Crippen molar-refractivity contribution in [3.63, 3.8) is 0 Å². The molecule has 1 aliphatic carbocycles. The Morgan fingerprint density at radius 2 is 1.93 bits per heavy atom. The molecule has 1 unspecified atom stereocenters. The first-order valence-electron chi connectivity index (χ1n) is 10.3. The predicted molar refractivity (Wildman–Crippen MR) is 112 cm³/mol. The number of amides is 2. The van der Waals surface area contributed by atoms with Gasteiger partial charge in [-0.1, -0.05) is 36.8 Å². The van der Waals surface area contributed by atoms with Crippen molar-refractivity contribution in [2.45, 2.75) is 58.0 Å².